The van der Waals surface area contributed by atoms with Crippen molar-refractivity contribution in [2.24, 2.45) is 0 Å². The standard InChI is InChI=1S/C21H18F2N2O2/c1-27-20-8-7-15(21(26)25-18-5-3-2-4-6-18)11-19(20)24-13-14-9-16(22)12-17(23)10-14/h2-12,24H,13H2,1H3,(H,25,26). The molecule has 4 nitrogen and oxygen atoms in total. The van der Waals surface area contributed by atoms with Crippen molar-refractivity contribution >= 4 is 17.3 Å². The number of ether oxygens (including phenoxy) is 1. The largest absolute Gasteiger partial charge is 0.495 e. The number of methoxy groups -OCH3 is 1. The number of amides is 1. The Morgan fingerprint density at radius 3 is 2.33 bits per heavy atom. The highest BCUT2D eigenvalue weighted by atomic mass is 19.1. The molecule has 0 heterocycles. The second-order valence-electron chi connectivity index (χ2n) is 5.87. The zero-order valence-electron chi connectivity index (χ0n) is 14.6. The molecule has 2 N–H and O–H groups in total. The average molecular weight is 368 g/mol. The molecule has 0 unspecified atom stereocenters. The monoisotopic (exact) mass is 368 g/mol. The summed E-state index contributed by atoms with van der Waals surface area (Å²) in [5.74, 6) is -1.05. The smallest absolute Gasteiger partial charge is 0.255 e. The third-order valence-electron chi connectivity index (χ3n) is 3.90. The molecule has 6 heteroatoms. The summed E-state index contributed by atoms with van der Waals surface area (Å²) in [5, 5.41) is 5.86. The Kier molecular flexibility index (Phi) is 5.66. The quantitative estimate of drug-likeness (QED) is 0.655. The molecule has 3 aromatic carbocycles. The van der Waals surface area contributed by atoms with Crippen LogP contribution in [0, 0.1) is 11.6 Å². The van der Waals surface area contributed by atoms with E-state index in [1.54, 1.807) is 30.3 Å². The molecule has 0 spiro atoms. The third-order valence-corrected chi connectivity index (χ3v) is 3.90. The number of hydrogen-bond donors (Lipinski definition) is 2. The molecule has 3 rings (SSSR count). The van der Waals surface area contributed by atoms with Gasteiger partial charge in [-0.05, 0) is 48.0 Å². The first-order chi connectivity index (χ1) is 13.0. The number of benzene rings is 3. The van der Waals surface area contributed by atoms with Gasteiger partial charge in [0.2, 0.25) is 0 Å². The molecule has 3 aromatic rings. The van der Waals surface area contributed by atoms with Gasteiger partial charge in [0.1, 0.15) is 17.4 Å². The Balaban J connectivity index is 1.77. The van der Waals surface area contributed by atoms with Gasteiger partial charge in [-0.2, -0.15) is 0 Å². The van der Waals surface area contributed by atoms with Gasteiger partial charge < -0.3 is 15.4 Å². The van der Waals surface area contributed by atoms with E-state index in [4.69, 9.17) is 4.74 Å². The van der Waals surface area contributed by atoms with Gasteiger partial charge in [0.05, 0.1) is 12.8 Å². The lowest BCUT2D eigenvalue weighted by atomic mass is 10.1. The Morgan fingerprint density at radius 2 is 1.67 bits per heavy atom. The van der Waals surface area contributed by atoms with E-state index in [9.17, 15) is 13.6 Å². The Hall–Kier alpha value is -3.41. The van der Waals surface area contributed by atoms with Crippen LogP contribution < -0.4 is 15.4 Å². The maximum absolute atomic E-state index is 13.3. The highest BCUT2D eigenvalue weighted by Gasteiger charge is 2.11. The van der Waals surface area contributed by atoms with Crippen LogP contribution in [0.5, 0.6) is 5.75 Å². The first-order valence-electron chi connectivity index (χ1n) is 8.28. The fraction of sp³-hybridized carbons (Fsp3) is 0.0952. The fourth-order valence-corrected chi connectivity index (χ4v) is 2.62. The van der Waals surface area contributed by atoms with E-state index < -0.39 is 11.6 Å². The van der Waals surface area contributed by atoms with E-state index in [2.05, 4.69) is 10.6 Å². The van der Waals surface area contributed by atoms with E-state index in [1.165, 1.54) is 19.2 Å². The summed E-state index contributed by atoms with van der Waals surface area (Å²) >= 11 is 0. The van der Waals surface area contributed by atoms with E-state index in [0.717, 1.165) is 6.07 Å². The minimum absolute atomic E-state index is 0.175. The van der Waals surface area contributed by atoms with E-state index in [0.29, 0.717) is 28.3 Å². The molecule has 0 aliphatic rings. The zero-order valence-corrected chi connectivity index (χ0v) is 14.6. The molecule has 0 atom stereocenters. The Labute approximate surface area is 155 Å². The van der Waals surface area contributed by atoms with Crippen molar-refractivity contribution in [3.8, 4) is 5.75 Å². The van der Waals surface area contributed by atoms with Crippen molar-refractivity contribution in [2.75, 3.05) is 17.7 Å². The number of para-hydroxylation sites is 1. The van der Waals surface area contributed by atoms with Gasteiger partial charge >= 0.3 is 0 Å². The molecule has 0 fully saturated rings. The van der Waals surface area contributed by atoms with Gasteiger partial charge in [0.15, 0.2) is 0 Å². The molecule has 0 radical (unpaired) electrons. The van der Waals surface area contributed by atoms with Gasteiger partial charge in [-0.15, -0.1) is 0 Å². The molecule has 1 amide bonds. The number of rotatable bonds is 6. The summed E-state index contributed by atoms with van der Waals surface area (Å²) in [4.78, 5) is 12.5. The first-order valence-corrected chi connectivity index (χ1v) is 8.28. The third kappa shape index (κ3) is 4.82. The van der Waals surface area contributed by atoms with E-state index in [1.807, 2.05) is 18.2 Å². The van der Waals surface area contributed by atoms with Crippen LogP contribution in [0.4, 0.5) is 20.2 Å². The van der Waals surface area contributed by atoms with Gasteiger partial charge in [-0.3, -0.25) is 4.79 Å². The highest BCUT2D eigenvalue weighted by molar-refractivity contribution is 6.05. The van der Waals surface area contributed by atoms with Crippen LogP contribution in [0.3, 0.4) is 0 Å². The average Bonchev–Trinajstić information content (AvgIpc) is 2.66. The summed E-state index contributed by atoms with van der Waals surface area (Å²) in [6.45, 7) is 0.175. The van der Waals surface area contributed by atoms with Crippen molar-refractivity contribution in [2.45, 2.75) is 6.54 Å². The zero-order chi connectivity index (χ0) is 19.2. The lowest BCUT2D eigenvalue weighted by Gasteiger charge is -2.13. The highest BCUT2D eigenvalue weighted by Crippen LogP contribution is 2.26. The Bertz CT molecular complexity index is 926. The number of carbonyl (C=O) groups excluding carboxylic acids is 1. The van der Waals surface area contributed by atoms with E-state index in [-0.39, 0.29) is 12.5 Å². The SMILES string of the molecule is COc1ccc(C(=O)Nc2ccccc2)cc1NCc1cc(F)cc(F)c1. The van der Waals surface area contributed by atoms with Gasteiger partial charge in [0.25, 0.3) is 5.91 Å². The molecular formula is C21H18F2N2O2. The minimum atomic E-state index is -0.644. The van der Waals surface area contributed by atoms with Crippen LogP contribution in [0.15, 0.2) is 66.7 Å². The molecular weight excluding hydrogens is 350 g/mol. The maximum atomic E-state index is 13.3. The summed E-state index contributed by atoms with van der Waals surface area (Å²) in [6.07, 6.45) is 0. The molecule has 27 heavy (non-hydrogen) atoms. The van der Waals surface area contributed by atoms with Crippen molar-refractivity contribution in [1.82, 2.24) is 0 Å². The summed E-state index contributed by atoms with van der Waals surface area (Å²) in [7, 11) is 1.51. The topological polar surface area (TPSA) is 50.4 Å². The molecule has 0 bridgehead atoms. The van der Waals surface area contributed by atoms with Crippen molar-refractivity contribution < 1.29 is 18.3 Å². The lowest BCUT2D eigenvalue weighted by molar-refractivity contribution is 0.102. The molecule has 0 saturated carbocycles. The van der Waals surface area contributed by atoms with Gasteiger partial charge in [-0.1, -0.05) is 18.2 Å². The summed E-state index contributed by atoms with van der Waals surface area (Å²) in [6, 6.07) is 17.3. The normalized spacial score (nSPS) is 10.3. The number of halogens is 2. The van der Waals surface area contributed by atoms with Gasteiger partial charge in [-0.25, -0.2) is 8.78 Å². The van der Waals surface area contributed by atoms with Crippen molar-refractivity contribution in [3.05, 3.63) is 89.5 Å². The Morgan fingerprint density at radius 1 is 0.963 bits per heavy atom. The van der Waals surface area contributed by atoms with Crippen LogP contribution in [-0.4, -0.2) is 13.0 Å². The number of carbonyl (C=O) groups is 1. The fourth-order valence-electron chi connectivity index (χ4n) is 2.62. The van der Waals surface area contributed by atoms with Crippen LogP contribution in [0.1, 0.15) is 15.9 Å². The second-order valence-corrected chi connectivity index (χ2v) is 5.87. The summed E-state index contributed by atoms with van der Waals surface area (Å²) in [5.41, 5.74) is 2.09. The van der Waals surface area contributed by atoms with Crippen molar-refractivity contribution in [3.63, 3.8) is 0 Å². The van der Waals surface area contributed by atoms with Crippen LogP contribution in [0.25, 0.3) is 0 Å². The van der Waals surface area contributed by atoms with Crippen molar-refractivity contribution in [1.29, 1.82) is 0 Å². The molecule has 0 aromatic heterocycles. The number of hydrogen-bond acceptors (Lipinski definition) is 3. The molecule has 138 valence electrons. The summed E-state index contributed by atoms with van der Waals surface area (Å²) < 4.78 is 32.0. The van der Waals surface area contributed by atoms with Crippen LogP contribution in [0.2, 0.25) is 0 Å². The molecule has 0 saturated heterocycles. The number of nitrogens with one attached hydrogen (secondary N) is 2. The predicted molar refractivity (Wildman–Crippen MR) is 101 cm³/mol. The van der Waals surface area contributed by atoms with Gasteiger partial charge in [0, 0.05) is 23.9 Å². The lowest BCUT2D eigenvalue weighted by Crippen LogP contribution is -2.12. The van der Waals surface area contributed by atoms with E-state index >= 15 is 0 Å². The number of anilines is 2. The predicted octanol–water partition coefficient (Wildman–Crippen LogP) is 4.84. The minimum Gasteiger partial charge on any atom is -0.495 e. The molecule has 0 aliphatic heterocycles. The first kappa shape index (κ1) is 18.4. The molecule has 0 aliphatic carbocycles. The van der Waals surface area contributed by atoms with Crippen LogP contribution >= 0.6 is 0 Å². The second kappa shape index (κ2) is 8.31. The van der Waals surface area contributed by atoms with Crippen LogP contribution in [-0.2, 0) is 6.54 Å². The maximum Gasteiger partial charge on any atom is 0.255 e.